The lowest BCUT2D eigenvalue weighted by Crippen LogP contribution is -2.58. The van der Waals surface area contributed by atoms with Crippen LogP contribution in [0.3, 0.4) is 0 Å². The van der Waals surface area contributed by atoms with Gasteiger partial charge in [-0.2, -0.15) is 0 Å². The highest BCUT2D eigenvalue weighted by Gasteiger charge is 2.47. The fraction of sp³-hybridized carbons (Fsp3) is 1.00. The van der Waals surface area contributed by atoms with E-state index in [2.05, 4.69) is 23.6 Å². The Morgan fingerprint density at radius 1 is 1.11 bits per heavy atom. The van der Waals surface area contributed by atoms with Gasteiger partial charge in [-0.05, 0) is 50.6 Å². The summed E-state index contributed by atoms with van der Waals surface area (Å²) in [6.07, 6.45) is 8.18. The number of hydrogen-bond donors (Lipinski definition) is 1. The maximum absolute atomic E-state index is 6.21. The Bertz CT molecular complexity index is 318. The first-order chi connectivity index (χ1) is 9.11. The molecule has 3 rings (SSSR count). The molecule has 0 aromatic heterocycles. The van der Waals surface area contributed by atoms with E-state index in [1.54, 1.807) is 0 Å². The third kappa shape index (κ3) is 2.57. The highest BCUT2D eigenvalue weighted by atomic mass is 15.3. The Morgan fingerprint density at radius 2 is 1.79 bits per heavy atom. The van der Waals surface area contributed by atoms with Crippen LogP contribution in [0, 0.1) is 5.41 Å². The van der Waals surface area contributed by atoms with Crippen molar-refractivity contribution in [3.8, 4) is 0 Å². The molecule has 3 fully saturated rings. The highest BCUT2D eigenvalue weighted by Crippen LogP contribution is 2.40. The Kier molecular flexibility index (Phi) is 3.65. The van der Waals surface area contributed by atoms with E-state index < -0.39 is 0 Å². The summed E-state index contributed by atoms with van der Waals surface area (Å²) in [4.78, 5) is 5.45. The van der Waals surface area contributed by atoms with Crippen LogP contribution in [0.15, 0.2) is 0 Å². The molecule has 2 N–H and O–H groups in total. The van der Waals surface area contributed by atoms with Gasteiger partial charge in [-0.15, -0.1) is 0 Å². The SMILES string of the molecule is CCC1(C)CCN(C2(CN)CCN(C3CC3)C2)CC1. The van der Waals surface area contributed by atoms with Gasteiger partial charge in [-0.1, -0.05) is 20.3 Å². The van der Waals surface area contributed by atoms with Crippen LogP contribution in [0.25, 0.3) is 0 Å². The molecule has 3 aliphatic rings. The fourth-order valence-electron chi connectivity index (χ4n) is 4.07. The minimum absolute atomic E-state index is 0.303. The van der Waals surface area contributed by atoms with Crippen LogP contribution in [0.2, 0.25) is 0 Å². The molecule has 2 saturated heterocycles. The van der Waals surface area contributed by atoms with Crippen LogP contribution >= 0.6 is 0 Å². The summed E-state index contributed by atoms with van der Waals surface area (Å²) in [5, 5.41) is 0. The molecule has 0 radical (unpaired) electrons. The minimum atomic E-state index is 0.303. The zero-order valence-corrected chi connectivity index (χ0v) is 12.8. The Balaban J connectivity index is 1.63. The van der Waals surface area contributed by atoms with E-state index >= 15 is 0 Å². The molecule has 110 valence electrons. The van der Waals surface area contributed by atoms with Crippen LogP contribution in [-0.2, 0) is 0 Å². The van der Waals surface area contributed by atoms with Crippen molar-refractivity contribution in [2.75, 3.05) is 32.7 Å². The minimum Gasteiger partial charge on any atom is -0.329 e. The summed E-state index contributed by atoms with van der Waals surface area (Å²) in [5.41, 5.74) is 7.10. The average molecular weight is 265 g/mol. The van der Waals surface area contributed by atoms with Crippen molar-refractivity contribution < 1.29 is 0 Å². The van der Waals surface area contributed by atoms with Crippen molar-refractivity contribution in [1.82, 2.24) is 9.80 Å². The predicted octanol–water partition coefficient (Wildman–Crippen LogP) is 2.06. The highest BCUT2D eigenvalue weighted by molar-refractivity contribution is 5.05. The van der Waals surface area contributed by atoms with Gasteiger partial charge in [0.1, 0.15) is 0 Å². The van der Waals surface area contributed by atoms with E-state index in [9.17, 15) is 0 Å². The normalized spacial score (nSPS) is 36.8. The zero-order valence-electron chi connectivity index (χ0n) is 12.8. The second-order valence-electron chi connectivity index (χ2n) is 7.53. The Morgan fingerprint density at radius 3 is 2.32 bits per heavy atom. The topological polar surface area (TPSA) is 32.5 Å². The summed E-state index contributed by atoms with van der Waals surface area (Å²) < 4.78 is 0. The van der Waals surface area contributed by atoms with E-state index in [4.69, 9.17) is 5.73 Å². The number of hydrogen-bond acceptors (Lipinski definition) is 3. The van der Waals surface area contributed by atoms with Crippen molar-refractivity contribution >= 4 is 0 Å². The number of rotatable bonds is 4. The van der Waals surface area contributed by atoms with Crippen molar-refractivity contribution in [2.45, 2.75) is 64.0 Å². The monoisotopic (exact) mass is 265 g/mol. The molecule has 1 unspecified atom stereocenters. The molecule has 1 aliphatic carbocycles. The Hall–Kier alpha value is -0.120. The fourth-order valence-corrected chi connectivity index (χ4v) is 4.07. The maximum Gasteiger partial charge on any atom is 0.0470 e. The van der Waals surface area contributed by atoms with Crippen LogP contribution < -0.4 is 5.73 Å². The first-order valence-corrected chi connectivity index (χ1v) is 8.30. The first kappa shape index (κ1) is 13.8. The van der Waals surface area contributed by atoms with Crippen molar-refractivity contribution in [3.05, 3.63) is 0 Å². The van der Waals surface area contributed by atoms with E-state index in [-0.39, 0.29) is 0 Å². The van der Waals surface area contributed by atoms with Gasteiger partial charge in [0.2, 0.25) is 0 Å². The molecule has 0 aromatic rings. The summed E-state index contributed by atoms with van der Waals surface area (Å²) in [5.74, 6) is 0. The van der Waals surface area contributed by atoms with Crippen LogP contribution in [-0.4, -0.2) is 54.1 Å². The lowest BCUT2D eigenvalue weighted by atomic mass is 9.77. The standard InChI is InChI=1S/C16H31N3/c1-3-15(2)6-10-19(11-7-15)16(12-17)8-9-18(13-16)14-4-5-14/h14H,3-13,17H2,1-2H3. The van der Waals surface area contributed by atoms with Crippen molar-refractivity contribution in [1.29, 1.82) is 0 Å². The molecule has 2 aliphatic heterocycles. The molecule has 2 heterocycles. The average Bonchev–Trinajstić information content (AvgIpc) is 3.20. The molecule has 1 atom stereocenters. The van der Waals surface area contributed by atoms with Crippen LogP contribution in [0.1, 0.15) is 52.4 Å². The number of nitrogens with zero attached hydrogens (tertiary/aromatic N) is 2. The second kappa shape index (κ2) is 5.01. The summed E-state index contributed by atoms with van der Waals surface area (Å²) in [6, 6.07) is 0.902. The van der Waals surface area contributed by atoms with Crippen LogP contribution in [0.5, 0.6) is 0 Å². The molecular weight excluding hydrogens is 234 g/mol. The van der Waals surface area contributed by atoms with Gasteiger partial charge in [0, 0.05) is 31.2 Å². The van der Waals surface area contributed by atoms with Crippen molar-refractivity contribution in [3.63, 3.8) is 0 Å². The third-order valence-electron chi connectivity index (χ3n) is 6.30. The summed E-state index contributed by atoms with van der Waals surface area (Å²) in [7, 11) is 0. The van der Waals surface area contributed by atoms with Gasteiger partial charge in [-0.3, -0.25) is 9.80 Å². The maximum atomic E-state index is 6.21. The van der Waals surface area contributed by atoms with Gasteiger partial charge in [0.05, 0.1) is 0 Å². The smallest absolute Gasteiger partial charge is 0.0470 e. The van der Waals surface area contributed by atoms with Crippen LogP contribution in [0.4, 0.5) is 0 Å². The van der Waals surface area contributed by atoms with E-state index in [0.29, 0.717) is 11.0 Å². The largest absolute Gasteiger partial charge is 0.329 e. The van der Waals surface area contributed by atoms with E-state index in [1.165, 1.54) is 64.7 Å². The predicted molar refractivity (Wildman–Crippen MR) is 80.2 cm³/mol. The lowest BCUT2D eigenvalue weighted by Gasteiger charge is -2.47. The molecule has 0 aromatic carbocycles. The molecule has 0 bridgehead atoms. The van der Waals surface area contributed by atoms with E-state index in [0.717, 1.165) is 12.6 Å². The molecular formula is C16H31N3. The number of nitrogens with two attached hydrogens (primary N) is 1. The lowest BCUT2D eigenvalue weighted by molar-refractivity contribution is 0.0288. The van der Waals surface area contributed by atoms with Gasteiger partial charge < -0.3 is 5.73 Å². The molecule has 1 saturated carbocycles. The molecule has 0 amide bonds. The van der Waals surface area contributed by atoms with Gasteiger partial charge >= 0.3 is 0 Å². The van der Waals surface area contributed by atoms with Gasteiger partial charge in [0.15, 0.2) is 0 Å². The quantitative estimate of drug-likeness (QED) is 0.844. The molecule has 19 heavy (non-hydrogen) atoms. The third-order valence-corrected chi connectivity index (χ3v) is 6.30. The molecule has 3 heteroatoms. The Labute approximate surface area is 118 Å². The van der Waals surface area contributed by atoms with Gasteiger partial charge in [-0.25, -0.2) is 0 Å². The number of likely N-dealkylation sites (tertiary alicyclic amines) is 2. The summed E-state index contributed by atoms with van der Waals surface area (Å²) >= 11 is 0. The van der Waals surface area contributed by atoms with Gasteiger partial charge in [0.25, 0.3) is 0 Å². The molecule has 3 nitrogen and oxygen atoms in total. The second-order valence-corrected chi connectivity index (χ2v) is 7.53. The number of piperidine rings is 1. The summed E-state index contributed by atoms with van der Waals surface area (Å²) in [6.45, 7) is 10.7. The molecule has 0 spiro atoms. The first-order valence-electron chi connectivity index (χ1n) is 8.30. The van der Waals surface area contributed by atoms with E-state index in [1.807, 2.05) is 0 Å². The zero-order chi connectivity index (χ0) is 13.5. The van der Waals surface area contributed by atoms with Crippen molar-refractivity contribution in [2.24, 2.45) is 11.1 Å².